The summed E-state index contributed by atoms with van der Waals surface area (Å²) in [6, 6.07) is 6.50. The number of aromatic nitrogens is 1. The topological polar surface area (TPSA) is 72.4 Å². The predicted octanol–water partition coefficient (Wildman–Crippen LogP) is 3.40. The Balaban J connectivity index is 2.46. The molecule has 1 aromatic carbocycles. The highest BCUT2D eigenvalue weighted by molar-refractivity contribution is 6.34. The summed E-state index contributed by atoms with van der Waals surface area (Å²) in [7, 11) is 0. The summed E-state index contributed by atoms with van der Waals surface area (Å²) in [5, 5.41) is 4.97. The van der Waals surface area contributed by atoms with Gasteiger partial charge in [-0.2, -0.15) is 5.10 Å². The number of amides is 2. The fraction of sp³-hybridized carbons (Fsp3) is 0.143. The first-order chi connectivity index (χ1) is 9.90. The molecule has 7 heteroatoms. The van der Waals surface area contributed by atoms with Crippen molar-refractivity contribution in [1.82, 2.24) is 9.99 Å². The molecule has 1 aromatic heterocycles. The first-order valence-corrected chi connectivity index (χ1v) is 6.88. The largest absolute Gasteiger partial charge is 0.350 e. The zero-order chi connectivity index (χ0) is 15.6. The molecule has 21 heavy (non-hydrogen) atoms. The lowest BCUT2D eigenvalue weighted by molar-refractivity contribution is 0.249. The average Bonchev–Trinajstić information content (AvgIpc) is 2.67. The van der Waals surface area contributed by atoms with Crippen LogP contribution in [0, 0.1) is 13.8 Å². The van der Waals surface area contributed by atoms with Crippen LogP contribution >= 0.6 is 23.2 Å². The van der Waals surface area contributed by atoms with E-state index in [0.29, 0.717) is 10.0 Å². The van der Waals surface area contributed by atoms with Crippen molar-refractivity contribution in [3.05, 3.63) is 51.3 Å². The van der Waals surface area contributed by atoms with Gasteiger partial charge in [-0.15, -0.1) is 0 Å². The minimum Gasteiger partial charge on any atom is -0.350 e. The van der Waals surface area contributed by atoms with Crippen LogP contribution in [0.4, 0.5) is 4.79 Å². The van der Waals surface area contributed by atoms with Crippen molar-refractivity contribution in [3.8, 4) is 5.69 Å². The summed E-state index contributed by atoms with van der Waals surface area (Å²) in [4.78, 5) is 10.6. The van der Waals surface area contributed by atoms with E-state index in [2.05, 4.69) is 10.5 Å². The Morgan fingerprint density at radius 2 is 2.05 bits per heavy atom. The van der Waals surface area contributed by atoms with Gasteiger partial charge in [0.05, 0.1) is 16.9 Å². The van der Waals surface area contributed by atoms with Gasteiger partial charge in [0, 0.05) is 22.0 Å². The Morgan fingerprint density at radius 1 is 1.33 bits per heavy atom. The van der Waals surface area contributed by atoms with E-state index < -0.39 is 6.03 Å². The van der Waals surface area contributed by atoms with Crippen molar-refractivity contribution in [2.75, 3.05) is 0 Å². The molecule has 110 valence electrons. The second-order valence-electron chi connectivity index (χ2n) is 4.49. The number of halogens is 2. The quantitative estimate of drug-likeness (QED) is 0.659. The van der Waals surface area contributed by atoms with Crippen LogP contribution < -0.4 is 11.2 Å². The first-order valence-electron chi connectivity index (χ1n) is 6.13. The van der Waals surface area contributed by atoms with Crippen LogP contribution in [0.3, 0.4) is 0 Å². The van der Waals surface area contributed by atoms with E-state index >= 15 is 0 Å². The van der Waals surface area contributed by atoms with Crippen molar-refractivity contribution in [2.45, 2.75) is 13.8 Å². The van der Waals surface area contributed by atoms with Crippen molar-refractivity contribution in [2.24, 2.45) is 10.8 Å². The predicted molar refractivity (Wildman–Crippen MR) is 85.6 cm³/mol. The van der Waals surface area contributed by atoms with Crippen LogP contribution in [0.15, 0.2) is 29.4 Å². The Kier molecular flexibility index (Phi) is 4.55. The van der Waals surface area contributed by atoms with E-state index in [1.54, 1.807) is 18.2 Å². The van der Waals surface area contributed by atoms with Crippen LogP contribution in [0.2, 0.25) is 10.0 Å². The van der Waals surface area contributed by atoms with Crippen molar-refractivity contribution in [1.29, 1.82) is 0 Å². The molecule has 0 unspecified atom stereocenters. The van der Waals surface area contributed by atoms with Crippen LogP contribution in [0.25, 0.3) is 5.69 Å². The van der Waals surface area contributed by atoms with E-state index in [-0.39, 0.29) is 0 Å². The number of rotatable bonds is 3. The molecular weight excluding hydrogens is 311 g/mol. The van der Waals surface area contributed by atoms with Crippen LogP contribution in [-0.4, -0.2) is 16.8 Å². The number of primary amides is 1. The van der Waals surface area contributed by atoms with E-state index in [0.717, 1.165) is 22.6 Å². The third-order valence-corrected chi connectivity index (χ3v) is 3.55. The Hall–Kier alpha value is -1.98. The number of nitrogens with one attached hydrogen (secondary N) is 1. The highest BCUT2D eigenvalue weighted by atomic mass is 35.5. The molecule has 0 bridgehead atoms. The van der Waals surface area contributed by atoms with Gasteiger partial charge in [-0.05, 0) is 38.1 Å². The van der Waals surface area contributed by atoms with Crippen LogP contribution in [0.5, 0.6) is 0 Å². The van der Waals surface area contributed by atoms with Gasteiger partial charge in [0.1, 0.15) is 0 Å². The van der Waals surface area contributed by atoms with E-state index in [4.69, 9.17) is 28.9 Å². The number of hydrogen-bond acceptors (Lipinski definition) is 2. The minimum atomic E-state index is -0.710. The molecule has 0 spiro atoms. The zero-order valence-electron chi connectivity index (χ0n) is 11.5. The first kappa shape index (κ1) is 15.4. The van der Waals surface area contributed by atoms with E-state index in [9.17, 15) is 4.79 Å². The molecule has 2 amide bonds. The normalized spacial score (nSPS) is 11.0. The maximum Gasteiger partial charge on any atom is 0.332 e. The summed E-state index contributed by atoms with van der Waals surface area (Å²) in [5.41, 5.74) is 10.6. The van der Waals surface area contributed by atoms with Gasteiger partial charge in [-0.25, -0.2) is 10.2 Å². The molecule has 0 aliphatic rings. The third kappa shape index (κ3) is 3.37. The number of aryl methyl sites for hydroxylation is 1. The number of hydrogen-bond donors (Lipinski definition) is 2. The summed E-state index contributed by atoms with van der Waals surface area (Å²) in [5.74, 6) is 0. The molecule has 2 rings (SSSR count). The molecule has 0 aliphatic carbocycles. The van der Waals surface area contributed by atoms with Crippen molar-refractivity contribution >= 4 is 35.4 Å². The molecule has 0 saturated heterocycles. The lowest BCUT2D eigenvalue weighted by atomic mass is 10.2. The Labute approximate surface area is 132 Å². The molecule has 5 nitrogen and oxygen atoms in total. The smallest absolute Gasteiger partial charge is 0.332 e. The summed E-state index contributed by atoms with van der Waals surface area (Å²) in [6.07, 6.45) is 1.53. The maximum absolute atomic E-state index is 10.6. The Bertz CT molecular complexity index is 722. The molecule has 0 radical (unpaired) electrons. The molecule has 0 fully saturated rings. The number of nitrogens with two attached hydrogens (primary N) is 1. The molecular formula is C14H14Cl2N4O. The molecule has 2 aromatic rings. The fourth-order valence-corrected chi connectivity index (χ4v) is 2.48. The van der Waals surface area contributed by atoms with E-state index in [1.807, 2.05) is 24.5 Å². The van der Waals surface area contributed by atoms with Crippen molar-refractivity contribution < 1.29 is 4.79 Å². The number of nitrogens with zero attached hydrogens (tertiary/aromatic N) is 2. The second kappa shape index (κ2) is 6.20. The number of urea groups is 1. The highest BCUT2D eigenvalue weighted by Crippen LogP contribution is 2.28. The highest BCUT2D eigenvalue weighted by Gasteiger charge is 2.12. The van der Waals surface area contributed by atoms with Gasteiger partial charge in [-0.1, -0.05) is 23.2 Å². The van der Waals surface area contributed by atoms with Crippen LogP contribution in [-0.2, 0) is 0 Å². The lowest BCUT2D eigenvalue weighted by Crippen LogP contribution is -2.24. The summed E-state index contributed by atoms with van der Waals surface area (Å²) < 4.78 is 1.97. The fourth-order valence-electron chi connectivity index (χ4n) is 2.11. The van der Waals surface area contributed by atoms with E-state index in [1.165, 1.54) is 6.21 Å². The maximum atomic E-state index is 10.6. The molecule has 0 aliphatic heterocycles. The van der Waals surface area contributed by atoms with Gasteiger partial charge in [0.15, 0.2) is 0 Å². The molecule has 0 saturated carbocycles. The number of carbonyl (C=O) groups excluding carboxylic acids is 1. The number of benzene rings is 1. The molecule has 0 atom stereocenters. The second-order valence-corrected chi connectivity index (χ2v) is 5.34. The number of hydrazone groups is 1. The summed E-state index contributed by atoms with van der Waals surface area (Å²) >= 11 is 12.3. The zero-order valence-corrected chi connectivity index (χ0v) is 13.0. The van der Waals surface area contributed by atoms with Gasteiger partial charge in [-0.3, -0.25) is 0 Å². The van der Waals surface area contributed by atoms with Gasteiger partial charge in [0.2, 0.25) is 0 Å². The standard InChI is InChI=1S/C14H14Cl2N4O/c1-8-5-10(7-18-19-14(17)21)9(2)20(8)13-6-11(15)3-4-12(13)16/h3-7H,1-2H3,(H3,17,19,21)/b18-7+. The van der Waals surface area contributed by atoms with Gasteiger partial charge in [0.25, 0.3) is 0 Å². The monoisotopic (exact) mass is 324 g/mol. The molecule has 3 N–H and O–H groups in total. The van der Waals surface area contributed by atoms with Crippen LogP contribution in [0.1, 0.15) is 17.0 Å². The minimum absolute atomic E-state index is 0.597. The van der Waals surface area contributed by atoms with Crippen molar-refractivity contribution in [3.63, 3.8) is 0 Å². The van der Waals surface area contributed by atoms with Gasteiger partial charge >= 0.3 is 6.03 Å². The Morgan fingerprint density at radius 3 is 2.71 bits per heavy atom. The summed E-state index contributed by atoms with van der Waals surface area (Å²) in [6.45, 7) is 3.87. The SMILES string of the molecule is Cc1cc(/C=N/NC(N)=O)c(C)n1-c1cc(Cl)ccc1Cl. The third-order valence-electron chi connectivity index (χ3n) is 3.00. The number of carbonyl (C=O) groups is 1. The average molecular weight is 325 g/mol. The lowest BCUT2D eigenvalue weighted by Gasteiger charge is -2.12. The molecule has 1 heterocycles. The van der Waals surface area contributed by atoms with Gasteiger partial charge < -0.3 is 10.3 Å².